The number of carbonyl (C=O) groups is 2. The van der Waals surface area contributed by atoms with Crippen LogP contribution in [0.3, 0.4) is 0 Å². The lowest BCUT2D eigenvalue weighted by atomic mass is 10.2. The number of ether oxygens (including phenoxy) is 1. The van der Waals surface area contributed by atoms with Crippen molar-refractivity contribution in [2.24, 2.45) is 10.2 Å². The molecule has 144 valence electrons. The number of anilines is 1. The van der Waals surface area contributed by atoms with Crippen LogP contribution in [0.15, 0.2) is 58.7 Å². The summed E-state index contributed by atoms with van der Waals surface area (Å²) in [6.45, 7) is 0. The third-order valence-corrected chi connectivity index (χ3v) is 4.84. The van der Waals surface area contributed by atoms with Crippen LogP contribution < -0.4 is 15.4 Å². The molecule has 0 radical (unpaired) electrons. The Balaban J connectivity index is 1.53. The predicted octanol–water partition coefficient (Wildman–Crippen LogP) is 2.35. The standard InChI is InChI=1S/C19H18N4O4S/c1-27-15-8-4-13(5-9-15)21-17(25)10-16-18(26)22-19(28-16)23-20-11-12-2-6-14(24)7-3-12/h2-9,11,16,24H,10H2,1H3,(H,21,25)(H,22,23,26)/b20-11+. The second kappa shape index (κ2) is 9.05. The van der Waals surface area contributed by atoms with Gasteiger partial charge in [-0.15, -0.1) is 5.10 Å². The number of thioether (sulfide) groups is 1. The molecule has 0 aromatic heterocycles. The summed E-state index contributed by atoms with van der Waals surface area (Å²) in [5.74, 6) is 0.301. The van der Waals surface area contributed by atoms with Crippen LogP contribution in [0.2, 0.25) is 0 Å². The van der Waals surface area contributed by atoms with Crippen molar-refractivity contribution in [2.45, 2.75) is 11.7 Å². The van der Waals surface area contributed by atoms with Gasteiger partial charge in [0.05, 0.1) is 13.3 Å². The lowest BCUT2D eigenvalue weighted by molar-refractivity contribution is -0.122. The summed E-state index contributed by atoms with van der Waals surface area (Å²) in [4.78, 5) is 24.2. The summed E-state index contributed by atoms with van der Waals surface area (Å²) in [6, 6.07) is 13.4. The first-order valence-corrected chi connectivity index (χ1v) is 9.23. The summed E-state index contributed by atoms with van der Waals surface area (Å²) in [5, 5.41) is 22.2. The van der Waals surface area contributed by atoms with E-state index in [-0.39, 0.29) is 24.0 Å². The highest BCUT2D eigenvalue weighted by atomic mass is 32.2. The van der Waals surface area contributed by atoms with Gasteiger partial charge in [0.15, 0.2) is 5.17 Å². The van der Waals surface area contributed by atoms with E-state index in [2.05, 4.69) is 20.8 Å². The molecule has 0 spiro atoms. The SMILES string of the molecule is COc1ccc(NC(=O)CC2S/C(=N/N=C/c3ccc(O)cc3)NC2=O)cc1. The molecule has 3 N–H and O–H groups in total. The number of aromatic hydroxyl groups is 1. The van der Waals surface area contributed by atoms with Crippen LogP contribution in [0.25, 0.3) is 0 Å². The molecule has 2 amide bonds. The van der Waals surface area contributed by atoms with E-state index in [9.17, 15) is 14.7 Å². The second-order valence-corrected chi connectivity index (χ2v) is 7.01. The third-order valence-electron chi connectivity index (χ3n) is 3.77. The Hall–Kier alpha value is -3.33. The summed E-state index contributed by atoms with van der Waals surface area (Å²) in [7, 11) is 1.57. The zero-order valence-corrected chi connectivity index (χ0v) is 15.8. The van der Waals surface area contributed by atoms with Gasteiger partial charge in [-0.3, -0.25) is 9.59 Å². The number of phenolic OH excluding ortho intramolecular Hbond substituents is 1. The Morgan fingerprint density at radius 3 is 2.64 bits per heavy atom. The molecular formula is C19H18N4O4S. The minimum atomic E-state index is -0.569. The number of methoxy groups -OCH3 is 1. The molecule has 28 heavy (non-hydrogen) atoms. The van der Waals surface area contributed by atoms with Crippen molar-refractivity contribution in [3.8, 4) is 11.5 Å². The first-order chi connectivity index (χ1) is 13.5. The average Bonchev–Trinajstić information content (AvgIpc) is 3.03. The molecule has 1 aliphatic rings. The zero-order valence-electron chi connectivity index (χ0n) is 15.0. The number of hydrogen-bond donors (Lipinski definition) is 3. The van der Waals surface area contributed by atoms with Crippen molar-refractivity contribution in [2.75, 3.05) is 12.4 Å². The number of phenols is 1. The lowest BCUT2D eigenvalue weighted by Gasteiger charge is -2.08. The topological polar surface area (TPSA) is 112 Å². The van der Waals surface area contributed by atoms with E-state index in [0.29, 0.717) is 16.6 Å². The number of benzene rings is 2. The Morgan fingerprint density at radius 2 is 1.96 bits per heavy atom. The van der Waals surface area contributed by atoms with Crippen molar-refractivity contribution in [1.82, 2.24) is 5.32 Å². The quantitative estimate of drug-likeness (QED) is 0.511. The van der Waals surface area contributed by atoms with Crippen LogP contribution in [0, 0.1) is 0 Å². The van der Waals surface area contributed by atoms with Gasteiger partial charge in [-0.2, -0.15) is 5.10 Å². The molecule has 9 heteroatoms. The van der Waals surface area contributed by atoms with Crippen LogP contribution in [-0.2, 0) is 9.59 Å². The Kier molecular flexibility index (Phi) is 6.28. The molecule has 1 unspecified atom stereocenters. The Labute approximate surface area is 165 Å². The van der Waals surface area contributed by atoms with Crippen LogP contribution in [0.4, 0.5) is 5.69 Å². The molecule has 0 aliphatic carbocycles. The number of nitrogens with zero attached hydrogens (tertiary/aromatic N) is 2. The molecule has 0 bridgehead atoms. The number of amides is 2. The summed E-state index contributed by atoms with van der Waals surface area (Å²) >= 11 is 1.16. The van der Waals surface area contributed by atoms with E-state index in [0.717, 1.165) is 17.3 Å². The maximum Gasteiger partial charge on any atom is 0.240 e. The van der Waals surface area contributed by atoms with Gasteiger partial charge in [-0.05, 0) is 54.1 Å². The highest BCUT2D eigenvalue weighted by Gasteiger charge is 2.32. The molecule has 0 saturated carbocycles. The fraction of sp³-hybridized carbons (Fsp3) is 0.158. The maximum atomic E-state index is 12.2. The minimum Gasteiger partial charge on any atom is -0.508 e. The lowest BCUT2D eigenvalue weighted by Crippen LogP contribution is -2.28. The van der Waals surface area contributed by atoms with E-state index in [1.165, 1.54) is 18.3 Å². The van der Waals surface area contributed by atoms with Gasteiger partial charge in [0.1, 0.15) is 16.7 Å². The van der Waals surface area contributed by atoms with Crippen LogP contribution >= 0.6 is 11.8 Å². The monoisotopic (exact) mass is 398 g/mol. The highest BCUT2D eigenvalue weighted by Crippen LogP contribution is 2.23. The van der Waals surface area contributed by atoms with Gasteiger partial charge in [-0.25, -0.2) is 0 Å². The summed E-state index contributed by atoms with van der Waals surface area (Å²) in [6.07, 6.45) is 1.52. The van der Waals surface area contributed by atoms with Crippen molar-refractivity contribution in [1.29, 1.82) is 0 Å². The summed E-state index contributed by atoms with van der Waals surface area (Å²) in [5.41, 5.74) is 1.38. The van der Waals surface area contributed by atoms with Crippen molar-refractivity contribution >= 4 is 40.6 Å². The van der Waals surface area contributed by atoms with Gasteiger partial charge in [0.25, 0.3) is 0 Å². The average molecular weight is 398 g/mol. The molecule has 3 rings (SSSR count). The molecule has 1 fully saturated rings. The van der Waals surface area contributed by atoms with Crippen molar-refractivity contribution in [3.63, 3.8) is 0 Å². The maximum absolute atomic E-state index is 12.2. The smallest absolute Gasteiger partial charge is 0.240 e. The number of nitrogens with one attached hydrogen (secondary N) is 2. The minimum absolute atomic E-state index is 0.0171. The molecule has 8 nitrogen and oxygen atoms in total. The molecular weight excluding hydrogens is 380 g/mol. The zero-order chi connectivity index (χ0) is 19.9. The van der Waals surface area contributed by atoms with Crippen LogP contribution in [0.5, 0.6) is 11.5 Å². The fourth-order valence-corrected chi connectivity index (χ4v) is 3.27. The first kappa shape index (κ1) is 19.4. The predicted molar refractivity (Wildman–Crippen MR) is 109 cm³/mol. The van der Waals surface area contributed by atoms with Crippen molar-refractivity contribution in [3.05, 3.63) is 54.1 Å². The van der Waals surface area contributed by atoms with E-state index in [1.807, 2.05) is 0 Å². The fourth-order valence-electron chi connectivity index (χ4n) is 2.35. The Morgan fingerprint density at radius 1 is 1.25 bits per heavy atom. The van der Waals surface area contributed by atoms with E-state index >= 15 is 0 Å². The number of hydrogen-bond acceptors (Lipinski definition) is 7. The number of amidine groups is 1. The first-order valence-electron chi connectivity index (χ1n) is 8.35. The van der Waals surface area contributed by atoms with Crippen LogP contribution in [0.1, 0.15) is 12.0 Å². The third kappa shape index (κ3) is 5.34. The molecule has 1 saturated heterocycles. The molecule has 1 atom stereocenters. The van der Waals surface area contributed by atoms with Crippen molar-refractivity contribution < 1.29 is 19.4 Å². The number of carbonyl (C=O) groups excluding carboxylic acids is 2. The van der Waals surface area contributed by atoms with Gasteiger partial charge in [0.2, 0.25) is 11.8 Å². The van der Waals surface area contributed by atoms with E-state index in [4.69, 9.17) is 4.74 Å². The molecule has 2 aromatic rings. The normalized spacial score (nSPS) is 17.7. The Bertz CT molecular complexity index is 911. The highest BCUT2D eigenvalue weighted by molar-refractivity contribution is 8.15. The van der Waals surface area contributed by atoms with Crippen LogP contribution in [-0.4, -0.2) is 40.7 Å². The second-order valence-electron chi connectivity index (χ2n) is 5.82. The summed E-state index contributed by atoms with van der Waals surface area (Å²) < 4.78 is 5.07. The van der Waals surface area contributed by atoms with Gasteiger partial charge in [-0.1, -0.05) is 11.8 Å². The largest absolute Gasteiger partial charge is 0.508 e. The molecule has 1 heterocycles. The molecule has 2 aromatic carbocycles. The van der Waals surface area contributed by atoms with Gasteiger partial charge >= 0.3 is 0 Å². The number of rotatable bonds is 6. The van der Waals surface area contributed by atoms with Gasteiger partial charge < -0.3 is 20.5 Å². The van der Waals surface area contributed by atoms with Gasteiger partial charge in [0, 0.05) is 12.1 Å². The van der Waals surface area contributed by atoms with E-state index in [1.54, 1.807) is 43.5 Å². The molecule has 1 aliphatic heterocycles. The van der Waals surface area contributed by atoms with E-state index < -0.39 is 5.25 Å².